The van der Waals surface area contributed by atoms with Gasteiger partial charge in [0.2, 0.25) is 0 Å². The van der Waals surface area contributed by atoms with Crippen molar-refractivity contribution in [1.29, 1.82) is 0 Å². The van der Waals surface area contributed by atoms with E-state index in [4.69, 9.17) is 23.7 Å². The molecule has 0 atom stereocenters. The van der Waals surface area contributed by atoms with Crippen molar-refractivity contribution in [3.63, 3.8) is 0 Å². The van der Waals surface area contributed by atoms with Crippen molar-refractivity contribution in [2.24, 2.45) is 0 Å². The molecule has 0 unspecified atom stereocenters. The molecule has 0 aliphatic rings. The third-order valence-electron chi connectivity index (χ3n) is 6.55. The third-order valence-corrected chi connectivity index (χ3v) is 6.55. The maximum absolute atomic E-state index is 12.6. The van der Waals surface area contributed by atoms with Gasteiger partial charge in [-0.15, -0.1) is 0 Å². The maximum Gasteiger partial charge on any atom is 0.343 e. The molecule has 0 aromatic heterocycles. The van der Waals surface area contributed by atoms with E-state index in [1.807, 2.05) is 0 Å². The monoisotopic (exact) mass is 636 g/mol. The minimum absolute atomic E-state index is 0.0403. The normalized spacial score (nSPS) is 10.3. The molecule has 0 saturated heterocycles. The first-order valence-electron chi connectivity index (χ1n) is 14.7. The van der Waals surface area contributed by atoms with Crippen molar-refractivity contribution in [3.8, 4) is 28.7 Å². The molecule has 10 heteroatoms. The Morgan fingerprint density at radius 3 is 1.26 bits per heavy atom. The summed E-state index contributed by atoms with van der Waals surface area (Å²) in [5.74, 6) is -0.625. The second kappa shape index (κ2) is 16.9. The number of rotatable bonds is 15. The summed E-state index contributed by atoms with van der Waals surface area (Å²) in [5, 5.41) is 0. The molecule has 0 fully saturated rings. The van der Waals surface area contributed by atoms with E-state index in [1.54, 1.807) is 24.3 Å². The third kappa shape index (κ3) is 10.8. The maximum atomic E-state index is 12.6. The Hall–Kier alpha value is -6.03. The van der Waals surface area contributed by atoms with Crippen LogP contribution in [0.5, 0.6) is 28.7 Å². The van der Waals surface area contributed by atoms with E-state index >= 15 is 0 Å². The van der Waals surface area contributed by atoms with Crippen molar-refractivity contribution in [3.05, 3.63) is 126 Å². The van der Waals surface area contributed by atoms with Gasteiger partial charge in [0.1, 0.15) is 28.7 Å². The number of allylic oxidation sites excluding steroid dienone is 1. The number of carbonyl (C=O) groups is 5. The molecule has 0 aliphatic heterocycles. The zero-order valence-electron chi connectivity index (χ0n) is 25.6. The topological polar surface area (TPSA) is 132 Å². The molecule has 0 amide bonds. The van der Waals surface area contributed by atoms with Crippen LogP contribution < -0.4 is 23.7 Å². The highest BCUT2D eigenvalue weighted by Gasteiger charge is 2.14. The van der Waals surface area contributed by atoms with Gasteiger partial charge in [-0.25, -0.2) is 14.4 Å². The Balaban J connectivity index is 1.21. The molecule has 4 aromatic rings. The van der Waals surface area contributed by atoms with Gasteiger partial charge in [-0.05, 0) is 122 Å². The van der Waals surface area contributed by atoms with Crippen molar-refractivity contribution < 1.29 is 47.7 Å². The lowest BCUT2D eigenvalue weighted by Gasteiger charge is -2.09. The van der Waals surface area contributed by atoms with Crippen LogP contribution in [-0.4, -0.2) is 36.3 Å². The smallest absolute Gasteiger partial charge is 0.343 e. The molecule has 4 rings (SSSR count). The van der Waals surface area contributed by atoms with Crippen molar-refractivity contribution >= 4 is 29.7 Å². The number of benzene rings is 4. The van der Waals surface area contributed by atoms with Gasteiger partial charge in [-0.2, -0.15) is 0 Å². The van der Waals surface area contributed by atoms with Crippen LogP contribution in [0.3, 0.4) is 0 Å². The number of hydrogen-bond donors (Lipinski definition) is 0. The van der Waals surface area contributed by atoms with E-state index < -0.39 is 23.9 Å². The van der Waals surface area contributed by atoms with Gasteiger partial charge >= 0.3 is 23.9 Å². The summed E-state index contributed by atoms with van der Waals surface area (Å²) in [6.45, 7) is 5.24. The van der Waals surface area contributed by atoms with E-state index in [9.17, 15) is 24.0 Å². The number of unbranched alkanes of at least 4 members (excludes halogenated alkanes) is 2. The number of hydrogen-bond acceptors (Lipinski definition) is 10. The van der Waals surface area contributed by atoms with Gasteiger partial charge in [0, 0.05) is 13.3 Å². The summed E-state index contributed by atoms with van der Waals surface area (Å²) in [7, 11) is 0. The van der Waals surface area contributed by atoms with Gasteiger partial charge < -0.3 is 23.7 Å². The highest BCUT2D eigenvalue weighted by molar-refractivity contribution is 5.93. The molecule has 0 spiro atoms. The molecule has 10 nitrogen and oxygen atoms in total. The fourth-order valence-electron chi connectivity index (χ4n) is 4.12. The van der Waals surface area contributed by atoms with Crippen molar-refractivity contribution in [1.82, 2.24) is 0 Å². The summed E-state index contributed by atoms with van der Waals surface area (Å²) in [6, 6.07) is 24.3. The molecular formula is C37H32O10. The average Bonchev–Trinajstić information content (AvgIpc) is 3.07. The summed E-state index contributed by atoms with van der Waals surface area (Å²) in [6.07, 6.45) is 4.29. The highest BCUT2D eigenvalue weighted by atomic mass is 16.5. The Morgan fingerprint density at radius 1 is 0.511 bits per heavy atom. The first-order valence-corrected chi connectivity index (χ1v) is 14.7. The first-order chi connectivity index (χ1) is 22.7. The molecule has 0 bridgehead atoms. The lowest BCUT2D eigenvalue weighted by molar-refractivity contribution is -0.131. The Labute approximate surface area is 271 Å². The van der Waals surface area contributed by atoms with Crippen LogP contribution in [0.2, 0.25) is 0 Å². The number of carbonyl (C=O) groups excluding carboxylic acids is 5. The zero-order valence-corrected chi connectivity index (χ0v) is 25.6. The van der Waals surface area contributed by atoms with Crippen LogP contribution in [0.1, 0.15) is 63.7 Å². The van der Waals surface area contributed by atoms with E-state index in [2.05, 4.69) is 6.58 Å². The Kier molecular flexibility index (Phi) is 12.2. The Bertz CT molecular complexity index is 1710. The zero-order chi connectivity index (χ0) is 33.6. The summed E-state index contributed by atoms with van der Waals surface area (Å²) in [5.41, 5.74) is 0.813. The second-order valence-corrected chi connectivity index (χ2v) is 10.1. The van der Waals surface area contributed by atoms with E-state index in [1.165, 1.54) is 85.8 Å². The highest BCUT2D eigenvalue weighted by Crippen LogP contribution is 2.22. The number of ether oxygens (including phenoxy) is 5. The molecule has 240 valence electrons. The largest absolute Gasteiger partial charge is 0.494 e. The van der Waals surface area contributed by atoms with Crippen LogP contribution in [0.25, 0.3) is 0 Å². The van der Waals surface area contributed by atoms with Crippen molar-refractivity contribution in [2.75, 3.05) is 6.61 Å². The summed E-state index contributed by atoms with van der Waals surface area (Å²) < 4.78 is 26.8. The van der Waals surface area contributed by atoms with Crippen LogP contribution in [0.15, 0.2) is 110 Å². The number of ketones is 1. The molecule has 0 aliphatic carbocycles. The van der Waals surface area contributed by atoms with Gasteiger partial charge in [0.05, 0.1) is 23.3 Å². The number of esters is 4. The van der Waals surface area contributed by atoms with E-state index in [0.29, 0.717) is 30.1 Å². The molecule has 0 saturated carbocycles. The quantitative estimate of drug-likeness (QED) is 0.0584. The molecule has 0 heterocycles. The van der Waals surface area contributed by atoms with E-state index in [0.717, 1.165) is 19.3 Å². The lowest BCUT2D eigenvalue weighted by Crippen LogP contribution is -2.10. The van der Waals surface area contributed by atoms with E-state index in [-0.39, 0.29) is 34.2 Å². The molecule has 47 heavy (non-hydrogen) atoms. The Morgan fingerprint density at radius 2 is 0.872 bits per heavy atom. The standard InChI is InChI=1S/C37H32O10/c1-3-29(39)7-5-4-6-24-43-30-14-8-26(9-15-30)35(40)45-32-18-12-28(13-19-32)37(42)47-34-22-20-33(21-23-34)46-36(41)27-10-16-31(17-11-27)44-25(2)38/h3,8-23H,1,4-7,24H2,2H3. The molecule has 0 radical (unpaired) electrons. The predicted molar refractivity (Wildman–Crippen MR) is 171 cm³/mol. The van der Waals surface area contributed by atoms with Crippen LogP contribution in [-0.2, 0) is 9.59 Å². The van der Waals surface area contributed by atoms with Crippen LogP contribution in [0.4, 0.5) is 0 Å². The fourth-order valence-corrected chi connectivity index (χ4v) is 4.12. The van der Waals surface area contributed by atoms with Gasteiger partial charge in [-0.1, -0.05) is 6.58 Å². The van der Waals surface area contributed by atoms with Crippen molar-refractivity contribution in [2.45, 2.75) is 32.6 Å². The molecule has 4 aromatic carbocycles. The van der Waals surface area contributed by atoms with Gasteiger partial charge in [-0.3, -0.25) is 9.59 Å². The van der Waals surface area contributed by atoms with Gasteiger partial charge in [0.25, 0.3) is 0 Å². The molecule has 0 N–H and O–H groups in total. The minimum Gasteiger partial charge on any atom is -0.494 e. The van der Waals surface area contributed by atoms with Crippen LogP contribution >= 0.6 is 0 Å². The summed E-state index contributed by atoms with van der Waals surface area (Å²) in [4.78, 5) is 59.9. The fraction of sp³-hybridized carbons (Fsp3) is 0.162. The van der Waals surface area contributed by atoms with Gasteiger partial charge in [0.15, 0.2) is 5.78 Å². The first kappa shape index (κ1) is 33.9. The SMILES string of the molecule is C=CC(=O)CCCCCOc1ccc(C(=O)Oc2ccc(C(=O)Oc3ccc(OC(=O)c4ccc(OC(C)=O)cc4)cc3)cc2)cc1. The summed E-state index contributed by atoms with van der Waals surface area (Å²) >= 11 is 0. The predicted octanol–water partition coefficient (Wildman–Crippen LogP) is 6.96. The minimum atomic E-state index is -0.638. The second-order valence-electron chi connectivity index (χ2n) is 10.1. The lowest BCUT2D eigenvalue weighted by atomic mass is 10.1. The molecular weight excluding hydrogens is 604 g/mol. The van der Waals surface area contributed by atoms with Crippen LogP contribution in [0, 0.1) is 0 Å². The average molecular weight is 637 g/mol.